The average molecular weight is 756 g/mol. The second kappa shape index (κ2) is 15.5. The van der Waals surface area contributed by atoms with E-state index in [0.717, 1.165) is 91.3 Å². The molecule has 0 N–H and O–H groups in total. The van der Waals surface area contributed by atoms with Crippen molar-refractivity contribution in [1.29, 1.82) is 0 Å². The summed E-state index contributed by atoms with van der Waals surface area (Å²) in [6, 6.07) is 19.8. The number of methoxy groups -OCH3 is 1. The molecule has 0 amide bonds. The van der Waals surface area contributed by atoms with E-state index in [1.165, 1.54) is 24.7 Å². The van der Waals surface area contributed by atoms with Gasteiger partial charge in [0.05, 0.1) is 24.9 Å². The van der Waals surface area contributed by atoms with E-state index in [-0.39, 0.29) is 5.97 Å². The molecule has 9 nitrogen and oxygen atoms in total. The topological polar surface area (TPSA) is 72.3 Å². The number of carbonyl (C=O) groups is 1. The van der Waals surface area contributed by atoms with Crippen molar-refractivity contribution in [1.82, 2.24) is 14.5 Å². The summed E-state index contributed by atoms with van der Waals surface area (Å²) < 4.78 is 19.5. The molecule has 7 rings (SSSR count). The summed E-state index contributed by atoms with van der Waals surface area (Å²) in [6.07, 6.45) is 5.44. The number of benzene rings is 2. The van der Waals surface area contributed by atoms with Crippen molar-refractivity contribution in [3.63, 3.8) is 0 Å². The highest BCUT2D eigenvalue weighted by atomic mass is 35.5. The Morgan fingerprint density at radius 1 is 0.981 bits per heavy atom. The lowest BCUT2D eigenvalue weighted by Crippen LogP contribution is -2.47. The summed E-state index contributed by atoms with van der Waals surface area (Å²) in [4.78, 5) is 25.3. The maximum Gasteiger partial charge on any atom is 0.339 e. The van der Waals surface area contributed by atoms with Gasteiger partial charge in [0, 0.05) is 69.7 Å². The SMILES string of the molecule is COC(=O)c1ccc(N2CCN(CC3=C(c4ccc(Cl)cc4)CC(C)(C)CC3)CC2)cc1N1CCOc2nc3c(ccn3COCC[Si](C)(C)C)cc21. The number of carbonyl (C=O) groups excluding carboxylic acids is 1. The van der Waals surface area contributed by atoms with Gasteiger partial charge in [-0.05, 0) is 84.3 Å². The van der Waals surface area contributed by atoms with Crippen LogP contribution in [0.3, 0.4) is 0 Å². The van der Waals surface area contributed by atoms with Crippen LogP contribution in [-0.2, 0) is 16.2 Å². The van der Waals surface area contributed by atoms with Crippen molar-refractivity contribution >= 4 is 59.3 Å². The molecule has 3 aliphatic rings. The van der Waals surface area contributed by atoms with Crippen molar-refractivity contribution < 1.29 is 19.0 Å². The highest BCUT2D eigenvalue weighted by Gasteiger charge is 2.31. The van der Waals surface area contributed by atoms with Gasteiger partial charge in [-0.25, -0.2) is 4.79 Å². The van der Waals surface area contributed by atoms with Gasteiger partial charge in [0.15, 0.2) is 0 Å². The lowest BCUT2D eigenvalue weighted by atomic mass is 9.72. The van der Waals surface area contributed by atoms with Crippen LogP contribution >= 0.6 is 11.6 Å². The molecule has 1 saturated heterocycles. The summed E-state index contributed by atoms with van der Waals surface area (Å²) in [6.45, 7) is 18.8. The molecule has 0 bridgehead atoms. The van der Waals surface area contributed by atoms with Gasteiger partial charge in [-0.1, -0.05) is 62.8 Å². The van der Waals surface area contributed by atoms with E-state index in [1.807, 2.05) is 29.0 Å². The summed E-state index contributed by atoms with van der Waals surface area (Å²) in [5.41, 5.74) is 8.73. The van der Waals surface area contributed by atoms with E-state index in [1.54, 1.807) is 5.57 Å². The molecular formula is C42H54ClN5O4Si. The third kappa shape index (κ3) is 8.61. The number of rotatable bonds is 11. The molecule has 2 aliphatic heterocycles. The number of pyridine rings is 1. The number of hydrogen-bond donors (Lipinski definition) is 0. The molecule has 0 atom stereocenters. The summed E-state index contributed by atoms with van der Waals surface area (Å²) >= 11 is 6.25. The zero-order valence-electron chi connectivity index (χ0n) is 32.2. The number of fused-ring (bicyclic) bond motifs is 2. The smallest absolute Gasteiger partial charge is 0.339 e. The maximum atomic E-state index is 13.2. The summed E-state index contributed by atoms with van der Waals surface area (Å²) in [5.74, 6) is 0.194. The van der Waals surface area contributed by atoms with Gasteiger partial charge >= 0.3 is 5.97 Å². The van der Waals surface area contributed by atoms with Crippen molar-refractivity contribution in [2.24, 2.45) is 5.41 Å². The van der Waals surface area contributed by atoms with Crippen molar-refractivity contribution in [2.45, 2.75) is 65.5 Å². The van der Waals surface area contributed by atoms with E-state index in [2.05, 4.69) is 84.6 Å². The molecule has 53 heavy (non-hydrogen) atoms. The van der Waals surface area contributed by atoms with Crippen LogP contribution in [0, 0.1) is 5.41 Å². The van der Waals surface area contributed by atoms with E-state index in [4.69, 9.17) is 30.8 Å². The van der Waals surface area contributed by atoms with Crippen LogP contribution in [-0.4, -0.2) is 88.1 Å². The van der Waals surface area contributed by atoms with Gasteiger partial charge < -0.3 is 28.6 Å². The lowest BCUT2D eigenvalue weighted by molar-refractivity contribution is 0.0601. The van der Waals surface area contributed by atoms with Crippen LogP contribution in [0.25, 0.3) is 16.6 Å². The molecule has 4 heterocycles. The van der Waals surface area contributed by atoms with Gasteiger partial charge in [0.2, 0.25) is 5.88 Å². The third-order valence-corrected chi connectivity index (χ3v) is 12.9. The molecule has 1 fully saturated rings. The molecule has 0 spiro atoms. The van der Waals surface area contributed by atoms with Gasteiger partial charge in [0.1, 0.15) is 24.7 Å². The molecule has 0 unspecified atom stereocenters. The van der Waals surface area contributed by atoms with Crippen LogP contribution in [0.5, 0.6) is 5.88 Å². The first-order valence-electron chi connectivity index (χ1n) is 19.0. The quantitative estimate of drug-likeness (QED) is 0.0854. The molecule has 11 heteroatoms. The fourth-order valence-electron chi connectivity index (χ4n) is 7.76. The van der Waals surface area contributed by atoms with Crippen LogP contribution < -0.4 is 14.5 Å². The highest BCUT2D eigenvalue weighted by Crippen LogP contribution is 2.44. The Bertz CT molecular complexity index is 1980. The minimum Gasteiger partial charge on any atom is -0.474 e. The lowest BCUT2D eigenvalue weighted by Gasteiger charge is -2.39. The number of hydrogen-bond acceptors (Lipinski definition) is 8. The monoisotopic (exact) mass is 755 g/mol. The number of aromatic nitrogens is 2. The number of esters is 1. The number of halogens is 1. The van der Waals surface area contributed by atoms with Crippen molar-refractivity contribution in [3.05, 3.63) is 82.5 Å². The molecule has 4 aromatic rings. The number of allylic oxidation sites excluding steroid dienone is 1. The largest absolute Gasteiger partial charge is 0.474 e. The van der Waals surface area contributed by atoms with Crippen molar-refractivity contribution in [3.8, 4) is 5.88 Å². The normalized spacial score (nSPS) is 17.9. The van der Waals surface area contributed by atoms with Gasteiger partial charge in [-0.3, -0.25) is 4.90 Å². The maximum absolute atomic E-state index is 13.2. The fraction of sp³-hybridized carbons (Fsp3) is 0.476. The van der Waals surface area contributed by atoms with Crippen LogP contribution in [0.2, 0.25) is 30.7 Å². The minimum atomic E-state index is -1.17. The summed E-state index contributed by atoms with van der Waals surface area (Å²) in [7, 11) is 0.266. The molecule has 282 valence electrons. The Balaban J connectivity index is 1.09. The van der Waals surface area contributed by atoms with Crippen LogP contribution in [0.1, 0.15) is 49.0 Å². The van der Waals surface area contributed by atoms with Gasteiger partial charge in [-0.2, -0.15) is 4.98 Å². The Morgan fingerprint density at radius 2 is 1.75 bits per heavy atom. The zero-order chi connectivity index (χ0) is 37.3. The first-order chi connectivity index (χ1) is 25.4. The molecule has 2 aromatic carbocycles. The molecule has 0 saturated carbocycles. The van der Waals surface area contributed by atoms with E-state index < -0.39 is 8.07 Å². The molecule has 2 aromatic heterocycles. The van der Waals surface area contributed by atoms with Gasteiger partial charge in [-0.15, -0.1) is 0 Å². The summed E-state index contributed by atoms with van der Waals surface area (Å²) in [5, 5.41) is 1.77. The number of ether oxygens (including phenoxy) is 3. The second-order valence-corrected chi connectivity index (χ2v) is 22.8. The van der Waals surface area contributed by atoms with Crippen LogP contribution in [0.15, 0.2) is 66.4 Å². The predicted molar refractivity (Wildman–Crippen MR) is 219 cm³/mol. The molecular weight excluding hydrogens is 702 g/mol. The highest BCUT2D eigenvalue weighted by molar-refractivity contribution is 6.76. The Kier molecular flexibility index (Phi) is 11.0. The number of anilines is 3. The second-order valence-electron chi connectivity index (χ2n) is 16.7. The molecule has 0 radical (unpaired) electrons. The number of nitrogens with zero attached hydrogens (tertiary/aromatic N) is 5. The Morgan fingerprint density at radius 3 is 2.49 bits per heavy atom. The Labute approximate surface area is 320 Å². The third-order valence-electron chi connectivity index (χ3n) is 11.0. The predicted octanol–water partition coefficient (Wildman–Crippen LogP) is 9.11. The van der Waals surface area contributed by atoms with E-state index in [9.17, 15) is 4.79 Å². The first-order valence-corrected chi connectivity index (χ1v) is 23.1. The average Bonchev–Trinajstić information content (AvgIpc) is 3.54. The first kappa shape index (κ1) is 37.5. The minimum absolute atomic E-state index is 0.293. The Hall–Kier alpha value is -3.83. The van der Waals surface area contributed by atoms with E-state index in [0.29, 0.717) is 36.7 Å². The number of piperazine rings is 1. The fourth-order valence-corrected chi connectivity index (χ4v) is 8.64. The molecule has 1 aliphatic carbocycles. The van der Waals surface area contributed by atoms with E-state index >= 15 is 0 Å². The van der Waals surface area contributed by atoms with Crippen LogP contribution in [0.4, 0.5) is 17.1 Å². The standard InChI is InChI=1S/C42H54ClN5O4Si/c1-42(2)15-13-32(36(27-42)30-7-9-33(43)10-8-30)28-45-17-19-46(20-18-45)34-11-12-35(41(49)50-3)37(26-34)48-21-22-52-40-38(48)25-31-14-16-47(39(31)44-40)29-51-23-24-53(4,5)6/h7-12,14,16,25-26H,13,15,17-24,27-29H2,1-6H3. The zero-order valence-corrected chi connectivity index (χ0v) is 34.0. The van der Waals surface area contributed by atoms with Gasteiger partial charge in [0.25, 0.3) is 0 Å². The van der Waals surface area contributed by atoms with Crippen molar-refractivity contribution in [2.75, 3.05) is 69.4 Å².